The molecule has 1 atom stereocenters. The van der Waals surface area contributed by atoms with Gasteiger partial charge >= 0.3 is 0 Å². The highest BCUT2D eigenvalue weighted by Gasteiger charge is 2.21. The lowest BCUT2D eigenvalue weighted by molar-refractivity contribution is 0.340. The largest absolute Gasteiger partial charge is 0.494 e. The minimum absolute atomic E-state index is 0.0874. The van der Waals surface area contributed by atoms with Crippen molar-refractivity contribution in [3.63, 3.8) is 0 Å². The Kier molecular flexibility index (Phi) is 4.39. The second-order valence-electron chi connectivity index (χ2n) is 4.93. The highest BCUT2D eigenvalue weighted by molar-refractivity contribution is 9.10. The van der Waals surface area contributed by atoms with E-state index >= 15 is 0 Å². The molecule has 1 unspecified atom stereocenters. The maximum absolute atomic E-state index is 6.67. The predicted molar refractivity (Wildman–Crippen MR) is 89.4 cm³/mol. The lowest BCUT2D eigenvalue weighted by atomic mass is 10.1. The molecule has 1 nitrogen and oxygen atoms in total. The molecule has 0 aliphatic heterocycles. The zero-order valence-electron chi connectivity index (χ0n) is 11.3. The first-order valence-electron chi connectivity index (χ1n) is 6.87. The molecular weight excluding hydrogens is 356 g/mol. The number of halogens is 2. The van der Waals surface area contributed by atoms with Crippen LogP contribution in [0.25, 0.3) is 0 Å². The van der Waals surface area contributed by atoms with Gasteiger partial charge in [-0.15, -0.1) is 22.9 Å². The highest BCUT2D eigenvalue weighted by Crippen LogP contribution is 2.41. The van der Waals surface area contributed by atoms with E-state index in [1.807, 2.05) is 30.4 Å². The molecule has 0 bridgehead atoms. The number of hydrogen-bond acceptors (Lipinski definition) is 2. The standard InChI is InChI=1S/C16H16BrClOS/c1-2-19-11-6-7-12(13(17)9-11)16(18)15-8-10-4-3-5-14(10)20-15/h6-9,16H,2-5H2,1H3. The number of aryl methyl sites for hydroxylation is 2. The van der Waals surface area contributed by atoms with Gasteiger partial charge < -0.3 is 4.74 Å². The molecule has 1 aromatic carbocycles. The summed E-state index contributed by atoms with van der Waals surface area (Å²) in [5, 5.41) is -0.0874. The molecule has 1 aliphatic rings. The Labute approximate surface area is 137 Å². The van der Waals surface area contributed by atoms with E-state index in [4.69, 9.17) is 16.3 Å². The van der Waals surface area contributed by atoms with E-state index in [1.54, 1.807) is 0 Å². The number of thiophene rings is 1. The van der Waals surface area contributed by atoms with Gasteiger partial charge in [-0.25, -0.2) is 0 Å². The summed E-state index contributed by atoms with van der Waals surface area (Å²) >= 11 is 12.1. The van der Waals surface area contributed by atoms with Crippen molar-refractivity contribution in [2.75, 3.05) is 6.61 Å². The first kappa shape index (κ1) is 14.4. The average molecular weight is 372 g/mol. The Morgan fingerprint density at radius 2 is 2.20 bits per heavy atom. The molecule has 0 fully saturated rings. The van der Waals surface area contributed by atoms with Crippen LogP contribution in [0.3, 0.4) is 0 Å². The van der Waals surface area contributed by atoms with Crippen molar-refractivity contribution in [1.82, 2.24) is 0 Å². The average Bonchev–Trinajstić information content (AvgIpc) is 2.99. The third kappa shape index (κ3) is 2.76. The maximum atomic E-state index is 6.67. The summed E-state index contributed by atoms with van der Waals surface area (Å²) in [6.07, 6.45) is 3.72. The van der Waals surface area contributed by atoms with Crippen molar-refractivity contribution in [3.8, 4) is 5.75 Å². The second-order valence-corrected chi connectivity index (χ2v) is 7.39. The van der Waals surface area contributed by atoms with Crippen molar-refractivity contribution >= 4 is 38.9 Å². The second kappa shape index (κ2) is 6.08. The van der Waals surface area contributed by atoms with Crippen LogP contribution >= 0.6 is 38.9 Å². The minimum atomic E-state index is -0.0874. The van der Waals surface area contributed by atoms with Crippen LogP contribution in [0.15, 0.2) is 28.7 Å². The monoisotopic (exact) mass is 370 g/mol. The molecule has 1 heterocycles. The fourth-order valence-corrected chi connectivity index (χ4v) is 4.96. The zero-order valence-corrected chi connectivity index (χ0v) is 14.4. The number of hydrogen-bond donors (Lipinski definition) is 0. The molecule has 2 aromatic rings. The van der Waals surface area contributed by atoms with Gasteiger partial charge in [0.15, 0.2) is 0 Å². The van der Waals surface area contributed by atoms with Gasteiger partial charge in [-0.1, -0.05) is 22.0 Å². The molecule has 1 aliphatic carbocycles. The van der Waals surface area contributed by atoms with Gasteiger partial charge in [-0.2, -0.15) is 0 Å². The fourth-order valence-electron chi connectivity index (χ4n) is 2.60. The Hall–Kier alpha value is -0.510. The van der Waals surface area contributed by atoms with Crippen LogP contribution in [0.4, 0.5) is 0 Å². The number of benzene rings is 1. The van der Waals surface area contributed by atoms with Gasteiger partial charge in [0.2, 0.25) is 0 Å². The number of alkyl halides is 1. The van der Waals surface area contributed by atoms with E-state index in [0.717, 1.165) is 15.8 Å². The maximum Gasteiger partial charge on any atom is 0.120 e. The number of ether oxygens (including phenoxy) is 1. The zero-order chi connectivity index (χ0) is 14.1. The van der Waals surface area contributed by atoms with Gasteiger partial charge in [0.25, 0.3) is 0 Å². The summed E-state index contributed by atoms with van der Waals surface area (Å²) in [5.41, 5.74) is 2.60. The van der Waals surface area contributed by atoms with Crippen LogP contribution in [0.5, 0.6) is 5.75 Å². The van der Waals surface area contributed by atoms with Crippen molar-refractivity contribution < 1.29 is 4.74 Å². The SMILES string of the molecule is CCOc1ccc(C(Cl)c2cc3c(s2)CCC3)c(Br)c1. The lowest BCUT2D eigenvalue weighted by Crippen LogP contribution is -1.95. The van der Waals surface area contributed by atoms with E-state index in [0.29, 0.717) is 6.61 Å². The molecular formula is C16H16BrClOS. The van der Waals surface area contributed by atoms with E-state index in [2.05, 4.69) is 28.1 Å². The Morgan fingerprint density at radius 1 is 1.35 bits per heavy atom. The molecule has 0 spiro atoms. The summed E-state index contributed by atoms with van der Waals surface area (Å²) < 4.78 is 6.52. The van der Waals surface area contributed by atoms with Crippen LogP contribution in [-0.4, -0.2) is 6.61 Å². The number of fused-ring (bicyclic) bond motifs is 1. The molecule has 20 heavy (non-hydrogen) atoms. The van der Waals surface area contributed by atoms with Crippen molar-refractivity contribution in [1.29, 1.82) is 0 Å². The molecule has 0 amide bonds. The van der Waals surface area contributed by atoms with E-state index in [-0.39, 0.29) is 5.38 Å². The Morgan fingerprint density at radius 3 is 2.90 bits per heavy atom. The van der Waals surface area contributed by atoms with E-state index in [9.17, 15) is 0 Å². The molecule has 0 N–H and O–H groups in total. The highest BCUT2D eigenvalue weighted by atomic mass is 79.9. The summed E-state index contributed by atoms with van der Waals surface area (Å²) in [4.78, 5) is 2.77. The molecule has 0 saturated heterocycles. The summed E-state index contributed by atoms with van der Waals surface area (Å²) in [6, 6.07) is 8.32. The third-order valence-corrected chi connectivity index (χ3v) is 6.16. The van der Waals surface area contributed by atoms with E-state index < -0.39 is 0 Å². The van der Waals surface area contributed by atoms with Gasteiger partial charge in [-0.05, 0) is 55.5 Å². The topological polar surface area (TPSA) is 9.23 Å². The quantitative estimate of drug-likeness (QED) is 0.624. The van der Waals surface area contributed by atoms with Crippen LogP contribution in [0.1, 0.15) is 39.6 Å². The van der Waals surface area contributed by atoms with Gasteiger partial charge in [0, 0.05) is 14.2 Å². The molecule has 4 heteroatoms. The summed E-state index contributed by atoms with van der Waals surface area (Å²) in [5.74, 6) is 0.876. The van der Waals surface area contributed by atoms with Crippen molar-refractivity contribution in [2.24, 2.45) is 0 Å². The fraction of sp³-hybridized carbons (Fsp3) is 0.375. The molecule has 0 radical (unpaired) electrons. The van der Waals surface area contributed by atoms with Crippen molar-refractivity contribution in [3.05, 3.63) is 49.6 Å². The summed E-state index contributed by atoms with van der Waals surface area (Å²) in [6.45, 7) is 2.66. The molecule has 1 aromatic heterocycles. The smallest absolute Gasteiger partial charge is 0.120 e. The minimum Gasteiger partial charge on any atom is -0.494 e. The van der Waals surface area contributed by atoms with Crippen LogP contribution in [0, 0.1) is 0 Å². The molecule has 0 saturated carbocycles. The third-order valence-electron chi connectivity index (χ3n) is 3.57. The predicted octanol–water partition coefficient (Wildman–Crippen LogP) is 5.73. The first-order chi connectivity index (χ1) is 9.69. The van der Waals surface area contributed by atoms with E-state index in [1.165, 1.54) is 34.6 Å². The van der Waals surface area contributed by atoms with Gasteiger partial charge in [0.1, 0.15) is 5.75 Å². The van der Waals surface area contributed by atoms with Crippen LogP contribution in [-0.2, 0) is 12.8 Å². The van der Waals surface area contributed by atoms with Gasteiger partial charge in [0.05, 0.1) is 12.0 Å². The van der Waals surface area contributed by atoms with Crippen LogP contribution < -0.4 is 4.74 Å². The summed E-state index contributed by atoms with van der Waals surface area (Å²) in [7, 11) is 0. The first-order valence-corrected chi connectivity index (χ1v) is 8.91. The number of rotatable bonds is 4. The Bertz CT molecular complexity index is 601. The molecule has 106 valence electrons. The van der Waals surface area contributed by atoms with Gasteiger partial charge in [-0.3, -0.25) is 0 Å². The van der Waals surface area contributed by atoms with Crippen molar-refractivity contribution in [2.45, 2.75) is 31.6 Å². The lowest BCUT2D eigenvalue weighted by Gasteiger charge is -2.12. The van der Waals surface area contributed by atoms with Crippen LogP contribution in [0.2, 0.25) is 0 Å². The Balaban J connectivity index is 1.87. The molecule has 3 rings (SSSR count). The normalized spacial score (nSPS) is 15.2.